The summed E-state index contributed by atoms with van der Waals surface area (Å²) in [6.45, 7) is 7.07. The Morgan fingerprint density at radius 2 is 2.17 bits per heavy atom. The predicted molar refractivity (Wildman–Crippen MR) is 70.4 cm³/mol. The summed E-state index contributed by atoms with van der Waals surface area (Å²) in [5.74, 6) is -0.241. The van der Waals surface area contributed by atoms with Crippen molar-refractivity contribution in [1.82, 2.24) is 9.97 Å². The minimum absolute atomic E-state index is 0.123. The number of carbonyl (C=O) groups excluding carboxylic acids is 1. The van der Waals surface area contributed by atoms with Crippen LogP contribution >= 0.6 is 11.8 Å². The Balaban J connectivity index is 2.72. The smallest absolute Gasteiger partial charge is 0.319 e. The van der Waals surface area contributed by atoms with Crippen LogP contribution in [0.1, 0.15) is 27.7 Å². The number of thioether (sulfide) groups is 1. The summed E-state index contributed by atoms with van der Waals surface area (Å²) in [7, 11) is 0. The maximum Gasteiger partial charge on any atom is 0.319 e. The molecule has 0 aliphatic heterocycles. The Bertz CT molecular complexity index is 493. The number of nitrogen functional groups attached to an aromatic ring is 1. The molecule has 1 unspecified atom stereocenters. The summed E-state index contributed by atoms with van der Waals surface area (Å²) in [4.78, 5) is 29.4. The van der Waals surface area contributed by atoms with E-state index in [4.69, 9.17) is 10.5 Å². The van der Waals surface area contributed by atoms with Gasteiger partial charge in [-0.2, -0.15) is 0 Å². The SMILES string of the molecule is CC(Sc1nc(N)cc(=O)[nH]1)C(=O)OC(C)(C)C. The Morgan fingerprint density at radius 1 is 1.56 bits per heavy atom. The van der Waals surface area contributed by atoms with Gasteiger partial charge in [0, 0.05) is 6.07 Å². The Hall–Kier alpha value is -1.50. The third kappa shape index (κ3) is 4.79. The van der Waals surface area contributed by atoms with Crippen LogP contribution in [0, 0.1) is 0 Å². The normalized spacial score (nSPS) is 13.1. The molecule has 18 heavy (non-hydrogen) atoms. The van der Waals surface area contributed by atoms with Crippen molar-refractivity contribution in [3.05, 3.63) is 16.4 Å². The third-order valence-corrected chi connectivity index (χ3v) is 2.73. The van der Waals surface area contributed by atoms with Crippen molar-refractivity contribution in [2.75, 3.05) is 5.73 Å². The summed E-state index contributed by atoms with van der Waals surface area (Å²) in [5.41, 5.74) is 4.57. The van der Waals surface area contributed by atoms with Crippen molar-refractivity contribution in [3.8, 4) is 0 Å². The number of aromatic nitrogens is 2. The van der Waals surface area contributed by atoms with Gasteiger partial charge in [0.05, 0.1) is 0 Å². The van der Waals surface area contributed by atoms with Gasteiger partial charge in [-0.3, -0.25) is 9.59 Å². The highest BCUT2D eigenvalue weighted by atomic mass is 32.2. The number of esters is 1. The van der Waals surface area contributed by atoms with Gasteiger partial charge >= 0.3 is 5.97 Å². The highest BCUT2D eigenvalue weighted by molar-refractivity contribution is 8.00. The van der Waals surface area contributed by atoms with Gasteiger partial charge in [-0.25, -0.2) is 4.98 Å². The van der Waals surface area contributed by atoms with Gasteiger partial charge in [-0.15, -0.1) is 0 Å². The molecule has 0 aliphatic carbocycles. The number of nitrogens with one attached hydrogen (secondary N) is 1. The number of rotatable bonds is 3. The molecule has 1 heterocycles. The summed E-state index contributed by atoms with van der Waals surface area (Å²) in [6, 6.07) is 1.18. The van der Waals surface area contributed by atoms with Gasteiger partial charge in [0.25, 0.3) is 5.56 Å². The summed E-state index contributed by atoms with van der Waals surface area (Å²) >= 11 is 1.10. The molecular formula is C11H17N3O3S. The molecule has 0 saturated carbocycles. The van der Waals surface area contributed by atoms with Crippen LogP contribution in [0.25, 0.3) is 0 Å². The number of anilines is 1. The van der Waals surface area contributed by atoms with Crippen molar-refractivity contribution < 1.29 is 9.53 Å². The molecule has 0 spiro atoms. The lowest BCUT2D eigenvalue weighted by Crippen LogP contribution is -2.29. The molecule has 0 radical (unpaired) electrons. The van der Waals surface area contributed by atoms with Crippen LogP contribution in [0.15, 0.2) is 16.0 Å². The molecule has 0 amide bonds. The molecule has 0 aliphatic rings. The topological polar surface area (TPSA) is 98.1 Å². The van der Waals surface area contributed by atoms with E-state index < -0.39 is 10.9 Å². The van der Waals surface area contributed by atoms with Crippen LogP contribution in [0.5, 0.6) is 0 Å². The first-order valence-electron chi connectivity index (χ1n) is 5.44. The van der Waals surface area contributed by atoms with E-state index in [0.717, 1.165) is 11.8 Å². The summed E-state index contributed by atoms with van der Waals surface area (Å²) in [5, 5.41) is -0.174. The molecule has 1 aromatic rings. The van der Waals surface area contributed by atoms with E-state index in [2.05, 4.69) is 9.97 Å². The van der Waals surface area contributed by atoms with Gasteiger partial charge in [0.1, 0.15) is 16.7 Å². The van der Waals surface area contributed by atoms with E-state index in [-0.39, 0.29) is 17.3 Å². The Labute approximate surface area is 109 Å². The Kier molecular flexibility index (Phi) is 4.39. The average Bonchev–Trinajstić information content (AvgIpc) is 2.12. The first-order chi connectivity index (χ1) is 8.17. The second-order valence-corrected chi connectivity index (χ2v) is 6.10. The number of hydrogen-bond donors (Lipinski definition) is 2. The standard InChI is InChI=1S/C11H17N3O3S/c1-6(9(16)17-11(2,3)4)18-10-13-7(12)5-8(15)14-10/h5-6H,1-4H3,(H3,12,13,14,15). The van der Waals surface area contributed by atoms with Crippen molar-refractivity contribution in [2.45, 2.75) is 43.7 Å². The predicted octanol–water partition coefficient (Wildman–Crippen LogP) is 1.17. The molecule has 100 valence electrons. The van der Waals surface area contributed by atoms with E-state index in [1.165, 1.54) is 6.07 Å². The number of nitrogens with zero attached hydrogens (tertiary/aromatic N) is 1. The maximum atomic E-state index is 11.7. The van der Waals surface area contributed by atoms with Gasteiger partial charge in [-0.1, -0.05) is 11.8 Å². The lowest BCUT2D eigenvalue weighted by molar-refractivity contribution is -0.153. The van der Waals surface area contributed by atoms with Gasteiger partial charge in [0.2, 0.25) is 0 Å². The molecule has 0 bridgehead atoms. The van der Waals surface area contributed by atoms with Crippen LogP contribution in [-0.2, 0) is 9.53 Å². The van der Waals surface area contributed by atoms with Crippen molar-refractivity contribution in [2.24, 2.45) is 0 Å². The second kappa shape index (κ2) is 5.43. The fraction of sp³-hybridized carbons (Fsp3) is 0.545. The van der Waals surface area contributed by atoms with Crippen molar-refractivity contribution in [1.29, 1.82) is 0 Å². The van der Waals surface area contributed by atoms with Crippen LogP contribution in [-0.4, -0.2) is 26.8 Å². The quantitative estimate of drug-likeness (QED) is 0.486. The fourth-order valence-corrected chi connectivity index (χ4v) is 1.91. The third-order valence-electron chi connectivity index (χ3n) is 1.77. The first-order valence-corrected chi connectivity index (χ1v) is 6.32. The zero-order valence-electron chi connectivity index (χ0n) is 10.8. The molecule has 7 heteroatoms. The zero-order valence-corrected chi connectivity index (χ0v) is 11.6. The van der Waals surface area contributed by atoms with Crippen LogP contribution in [0.3, 0.4) is 0 Å². The molecule has 3 N–H and O–H groups in total. The largest absolute Gasteiger partial charge is 0.459 e. The monoisotopic (exact) mass is 271 g/mol. The minimum atomic E-state index is -0.539. The van der Waals surface area contributed by atoms with E-state index in [1.54, 1.807) is 27.7 Å². The molecule has 1 aromatic heterocycles. The number of nitrogens with two attached hydrogens (primary N) is 1. The molecular weight excluding hydrogens is 254 g/mol. The number of carbonyl (C=O) groups is 1. The maximum absolute atomic E-state index is 11.7. The van der Waals surface area contributed by atoms with Crippen LogP contribution < -0.4 is 11.3 Å². The molecule has 0 fully saturated rings. The molecule has 1 rings (SSSR count). The number of aromatic amines is 1. The summed E-state index contributed by atoms with van der Waals surface area (Å²) < 4.78 is 5.22. The van der Waals surface area contributed by atoms with Crippen molar-refractivity contribution in [3.63, 3.8) is 0 Å². The lowest BCUT2D eigenvalue weighted by atomic mass is 10.2. The minimum Gasteiger partial charge on any atom is -0.459 e. The van der Waals surface area contributed by atoms with Crippen LogP contribution in [0.2, 0.25) is 0 Å². The summed E-state index contributed by atoms with van der Waals surface area (Å²) in [6.07, 6.45) is 0. The van der Waals surface area contributed by atoms with E-state index in [0.29, 0.717) is 5.16 Å². The highest BCUT2D eigenvalue weighted by Crippen LogP contribution is 2.21. The molecule has 1 atom stereocenters. The van der Waals surface area contributed by atoms with Gasteiger partial charge < -0.3 is 15.5 Å². The lowest BCUT2D eigenvalue weighted by Gasteiger charge is -2.21. The van der Waals surface area contributed by atoms with Crippen LogP contribution in [0.4, 0.5) is 5.82 Å². The van der Waals surface area contributed by atoms with Crippen molar-refractivity contribution >= 4 is 23.5 Å². The van der Waals surface area contributed by atoms with E-state index >= 15 is 0 Å². The number of H-pyrrole nitrogens is 1. The zero-order chi connectivity index (χ0) is 13.9. The van der Waals surface area contributed by atoms with E-state index in [9.17, 15) is 9.59 Å². The highest BCUT2D eigenvalue weighted by Gasteiger charge is 2.23. The van der Waals surface area contributed by atoms with Gasteiger partial charge in [-0.05, 0) is 27.7 Å². The van der Waals surface area contributed by atoms with E-state index in [1.807, 2.05) is 0 Å². The number of hydrogen-bond acceptors (Lipinski definition) is 6. The molecule has 0 aromatic carbocycles. The second-order valence-electron chi connectivity index (χ2n) is 4.77. The Morgan fingerprint density at radius 3 is 2.67 bits per heavy atom. The van der Waals surface area contributed by atoms with Gasteiger partial charge in [0.15, 0.2) is 5.16 Å². The molecule has 6 nitrogen and oxygen atoms in total. The number of ether oxygens (including phenoxy) is 1. The first kappa shape index (κ1) is 14.6. The molecule has 0 saturated heterocycles. The fourth-order valence-electron chi connectivity index (χ4n) is 1.11. The average molecular weight is 271 g/mol.